The van der Waals surface area contributed by atoms with E-state index in [2.05, 4.69) is 65.8 Å². The predicted octanol–water partition coefficient (Wildman–Crippen LogP) is 4.09. The second-order valence-corrected chi connectivity index (χ2v) is 6.62. The molecule has 1 N–H and O–H groups in total. The minimum atomic E-state index is 0.567. The minimum Gasteiger partial charge on any atom is -0.319 e. The Balaban J connectivity index is 1.94. The predicted molar refractivity (Wildman–Crippen MR) is 92.9 cm³/mol. The van der Waals surface area contributed by atoms with E-state index in [1.165, 1.54) is 16.0 Å². The second-order valence-electron chi connectivity index (χ2n) is 5.58. The molecule has 0 saturated carbocycles. The molecule has 0 aliphatic heterocycles. The van der Waals surface area contributed by atoms with Crippen LogP contribution in [0.15, 0.2) is 41.8 Å². The molecule has 114 valence electrons. The Kier molecular flexibility index (Phi) is 6.43. The molecular formula is C18H26N2S. The van der Waals surface area contributed by atoms with Crippen molar-refractivity contribution < 1.29 is 0 Å². The molecule has 0 aliphatic rings. The van der Waals surface area contributed by atoms with Crippen LogP contribution in [-0.4, -0.2) is 25.0 Å². The zero-order chi connectivity index (χ0) is 15.1. The fourth-order valence-corrected chi connectivity index (χ4v) is 3.28. The fourth-order valence-electron chi connectivity index (χ4n) is 2.54. The Morgan fingerprint density at radius 1 is 1.14 bits per heavy atom. The number of rotatable bonds is 8. The van der Waals surface area contributed by atoms with Gasteiger partial charge in [0, 0.05) is 24.5 Å². The Hall–Kier alpha value is -1.16. The molecule has 0 fully saturated rings. The molecular weight excluding hydrogens is 276 g/mol. The zero-order valence-corrected chi connectivity index (χ0v) is 14.1. The summed E-state index contributed by atoms with van der Waals surface area (Å²) in [6.45, 7) is 8.67. The summed E-state index contributed by atoms with van der Waals surface area (Å²) in [5, 5.41) is 5.39. The van der Waals surface area contributed by atoms with Crippen LogP contribution in [-0.2, 0) is 13.1 Å². The molecule has 2 nitrogen and oxygen atoms in total. The van der Waals surface area contributed by atoms with Crippen molar-refractivity contribution in [2.24, 2.45) is 0 Å². The lowest BCUT2D eigenvalue weighted by Crippen LogP contribution is -2.21. The van der Waals surface area contributed by atoms with E-state index in [9.17, 15) is 0 Å². The van der Waals surface area contributed by atoms with E-state index >= 15 is 0 Å². The lowest BCUT2D eigenvalue weighted by atomic mass is 10.00. The molecule has 0 spiro atoms. The molecule has 1 aromatic heterocycles. The van der Waals surface area contributed by atoms with Crippen molar-refractivity contribution in [2.45, 2.75) is 32.9 Å². The number of hydrogen-bond acceptors (Lipinski definition) is 3. The minimum absolute atomic E-state index is 0.567. The first kappa shape index (κ1) is 16.2. The summed E-state index contributed by atoms with van der Waals surface area (Å²) in [4.78, 5) is 3.92. The van der Waals surface area contributed by atoms with Crippen LogP contribution in [0.2, 0.25) is 0 Å². The largest absolute Gasteiger partial charge is 0.319 e. The molecule has 0 aliphatic carbocycles. The third-order valence-electron chi connectivity index (χ3n) is 3.87. The molecule has 1 aromatic carbocycles. The fraction of sp³-hybridized carbons (Fsp3) is 0.444. The Morgan fingerprint density at radius 3 is 2.48 bits per heavy atom. The third-order valence-corrected chi connectivity index (χ3v) is 4.73. The van der Waals surface area contributed by atoms with Gasteiger partial charge in [-0.1, -0.05) is 44.2 Å². The molecule has 0 radical (unpaired) electrons. The van der Waals surface area contributed by atoms with Crippen LogP contribution in [0.3, 0.4) is 0 Å². The van der Waals surface area contributed by atoms with E-state index in [1.807, 2.05) is 18.4 Å². The van der Waals surface area contributed by atoms with Crippen molar-refractivity contribution in [3.63, 3.8) is 0 Å². The van der Waals surface area contributed by atoms with Crippen LogP contribution in [0.25, 0.3) is 0 Å². The van der Waals surface area contributed by atoms with Gasteiger partial charge in [0.25, 0.3) is 0 Å². The van der Waals surface area contributed by atoms with Gasteiger partial charge in [-0.25, -0.2) is 0 Å². The van der Waals surface area contributed by atoms with E-state index in [4.69, 9.17) is 0 Å². The molecule has 3 heteroatoms. The lowest BCUT2D eigenvalue weighted by molar-refractivity contribution is 0.274. The van der Waals surface area contributed by atoms with E-state index in [0.29, 0.717) is 5.92 Å². The molecule has 1 atom stereocenters. The summed E-state index contributed by atoms with van der Waals surface area (Å²) in [5.74, 6) is 0.567. The van der Waals surface area contributed by atoms with Crippen LogP contribution in [0.5, 0.6) is 0 Å². The van der Waals surface area contributed by atoms with Crippen molar-refractivity contribution in [3.8, 4) is 0 Å². The van der Waals surface area contributed by atoms with Crippen LogP contribution < -0.4 is 5.32 Å². The van der Waals surface area contributed by atoms with Gasteiger partial charge in [-0.3, -0.25) is 4.90 Å². The molecule has 0 saturated heterocycles. The summed E-state index contributed by atoms with van der Waals surface area (Å²) >= 11 is 1.84. The van der Waals surface area contributed by atoms with E-state index < -0.39 is 0 Å². The average molecular weight is 302 g/mol. The highest BCUT2D eigenvalue weighted by molar-refractivity contribution is 7.09. The van der Waals surface area contributed by atoms with Crippen molar-refractivity contribution in [1.82, 2.24) is 10.2 Å². The topological polar surface area (TPSA) is 15.3 Å². The van der Waals surface area contributed by atoms with Crippen LogP contribution in [0.1, 0.15) is 35.8 Å². The van der Waals surface area contributed by atoms with Gasteiger partial charge in [-0.2, -0.15) is 0 Å². The number of hydrogen-bond donors (Lipinski definition) is 1. The van der Waals surface area contributed by atoms with Gasteiger partial charge in [0.15, 0.2) is 0 Å². The van der Waals surface area contributed by atoms with Crippen LogP contribution in [0.4, 0.5) is 0 Å². The summed E-state index contributed by atoms with van der Waals surface area (Å²) in [7, 11) is 2.01. The SMILES string of the molecule is CCN(Cc1ccc(C(C)CNC)cc1)Cc1cccs1. The summed E-state index contributed by atoms with van der Waals surface area (Å²) in [6.07, 6.45) is 0. The number of nitrogens with zero attached hydrogens (tertiary/aromatic N) is 1. The molecule has 0 amide bonds. The maximum atomic E-state index is 3.24. The highest BCUT2D eigenvalue weighted by Crippen LogP contribution is 2.17. The number of thiophene rings is 1. The monoisotopic (exact) mass is 302 g/mol. The maximum absolute atomic E-state index is 3.24. The second kappa shape index (κ2) is 8.32. The lowest BCUT2D eigenvalue weighted by Gasteiger charge is -2.20. The summed E-state index contributed by atoms with van der Waals surface area (Å²) in [5.41, 5.74) is 2.81. The first-order valence-corrected chi connectivity index (χ1v) is 8.59. The van der Waals surface area contributed by atoms with E-state index in [-0.39, 0.29) is 0 Å². The quantitative estimate of drug-likeness (QED) is 0.790. The Labute approximate surface area is 132 Å². The number of nitrogens with one attached hydrogen (secondary N) is 1. The van der Waals surface area contributed by atoms with Gasteiger partial charge in [0.2, 0.25) is 0 Å². The highest BCUT2D eigenvalue weighted by atomic mass is 32.1. The molecule has 2 rings (SSSR count). The van der Waals surface area contributed by atoms with Crippen molar-refractivity contribution in [2.75, 3.05) is 20.1 Å². The first-order chi connectivity index (χ1) is 10.2. The van der Waals surface area contributed by atoms with Crippen LogP contribution in [0, 0.1) is 0 Å². The third kappa shape index (κ3) is 4.95. The van der Waals surface area contributed by atoms with E-state index in [0.717, 1.165) is 26.2 Å². The van der Waals surface area contributed by atoms with E-state index in [1.54, 1.807) is 0 Å². The highest BCUT2D eigenvalue weighted by Gasteiger charge is 2.07. The van der Waals surface area contributed by atoms with Gasteiger partial charge in [-0.15, -0.1) is 11.3 Å². The van der Waals surface area contributed by atoms with Gasteiger partial charge >= 0.3 is 0 Å². The Morgan fingerprint density at radius 2 is 1.90 bits per heavy atom. The van der Waals surface area contributed by atoms with Crippen LogP contribution >= 0.6 is 11.3 Å². The van der Waals surface area contributed by atoms with Gasteiger partial charge in [0.1, 0.15) is 0 Å². The molecule has 21 heavy (non-hydrogen) atoms. The summed E-state index contributed by atoms with van der Waals surface area (Å²) in [6, 6.07) is 13.4. The molecule has 0 bridgehead atoms. The maximum Gasteiger partial charge on any atom is 0.0331 e. The smallest absolute Gasteiger partial charge is 0.0331 e. The standard InChI is InChI=1S/C18H26N2S/c1-4-20(14-18-6-5-11-21-18)13-16-7-9-17(10-8-16)15(2)12-19-3/h5-11,15,19H,4,12-14H2,1-3H3. The van der Waals surface area contributed by atoms with Crippen molar-refractivity contribution in [1.29, 1.82) is 0 Å². The normalized spacial score (nSPS) is 12.8. The van der Waals surface area contributed by atoms with Gasteiger partial charge < -0.3 is 5.32 Å². The first-order valence-electron chi connectivity index (χ1n) is 7.71. The van der Waals surface area contributed by atoms with Crippen molar-refractivity contribution in [3.05, 3.63) is 57.8 Å². The number of benzene rings is 1. The van der Waals surface area contributed by atoms with Gasteiger partial charge in [-0.05, 0) is 42.1 Å². The average Bonchev–Trinajstić information content (AvgIpc) is 3.00. The molecule has 2 aromatic rings. The zero-order valence-electron chi connectivity index (χ0n) is 13.3. The molecule has 1 unspecified atom stereocenters. The molecule has 1 heterocycles. The number of likely N-dealkylation sites (N-methyl/N-ethyl adjacent to an activating group) is 1. The summed E-state index contributed by atoms with van der Waals surface area (Å²) < 4.78 is 0. The van der Waals surface area contributed by atoms with Crippen molar-refractivity contribution >= 4 is 11.3 Å². The van der Waals surface area contributed by atoms with Gasteiger partial charge in [0.05, 0.1) is 0 Å². The Bertz CT molecular complexity index is 505.